The normalized spacial score (nSPS) is 24.9. The molecule has 0 spiro atoms. The van der Waals surface area contributed by atoms with Gasteiger partial charge in [-0.3, -0.25) is 19.5 Å². The van der Waals surface area contributed by atoms with Crippen molar-refractivity contribution in [3.63, 3.8) is 0 Å². The summed E-state index contributed by atoms with van der Waals surface area (Å²) in [7, 11) is 0. The van der Waals surface area contributed by atoms with Crippen molar-refractivity contribution in [1.82, 2.24) is 20.1 Å². The molecule has 2 amide bonds. The number of likely N-dealkylation sites (tertiary alicyclic amines) is 1. The molecule has 1 aromatic rings. The molecule has 0 aromatic carbocycles. The van der Waals surface area contributed by atoms with Crippen molar-refractivity contribution in [2.45, 2.75) is 75.9 Å². The van der Waals surface area contributed by atoms with Crippen molar-refractivity contribution in [1.29, 1.82) is 0 Å². The van der Waals surface area contributed by atoms with Crippen LogP contribution in [0.1, 0.15) is 68.1 Å². The molecule has 1 saturated heterocycles. The lowest BCUT2D eigenvalue weighted by Gasteiger charge is -2.44. The Bertz CT molecular complexity index is 733. The van der Waals surface area contributed by atoms with Gasteiger partial charge in [-0.15, -0.1) is 0 Å². The number of piperidine rings is 1. The number of hydrogen-bond acceptors (Lipinski definition) is 5. The number of pyridine rings is 1. The molecule has 3 fully saturated rings. The first-order chi connectivity index (χ1) is 15.2. The van der Waals surface area contributed by atoms with Crippen LogP contribution in [0.3, 0.4) is 0 Å². The Morgan fingerprint density at radius 3 is 2.61 bits per heavy atom. The quantitative estimate of drug-likeness (QED) is 0.663. The van der Waals surface area contributed by atoms with Crippen LogP contribution in [-0.4, -0.2) is 70.9 Å². The van der Waals surface area contributed by atoms with Crippen molar-refractivity contribution < 1.29 is 9.59 Å². The smallest absolute Gasteiger partial charge is 0.256 e. The van der Waals surface area contributed by atoms with E-state index in [1.54, 1.807) is 29.4 Å². The van der Waals surface area contributed by atoms with Crippen LogP contribution >= 0.6 is 0 Å². The predicted octanol–water partition coefficient (Wildman–Crippen LogP) is 2.17. The molecule has 7 heteroatoms. The number of nitrogens with one attached hydrogen (secondary N) is 1. The summed E-state index contributed by atoms with van der Waals surface area (Å²) in [6.45, 7) is 2.59. The summed E-state index contributed by atoms with van der Waals surface area (Å²) in [6, 6.07) is 4.12. The minimum atomic E-state index is -0.453. The van der Waals surface area contributed by atoms with E-state index in [-0.39, 0.29) is 11.8 Å². The van der Waals surface area contributed by atoms with Gasteiger partial charge in [-0.1, -0.05) is 19.3 Å². The average Bonchev–Trinajstić information content (AvgIpc) is 3.67. The van der Waals surface area contributed by atoms with E-state index >= 15 is 0 Å². The third-order valence-corrected chi connectivity index (χ3v) is 7.17. The van der Waals surface area contributed by atoms with Gasteiger partial charge in [0.1, 0.15) is 6.04 Å². The highest BCUT2D eigenvalue weighted by atomic mass is 16.2. The van der Waals surface area contributed by atoms with Gasteiger partial charge >= 0.3 is 0 Å². The summed E-state index contributed by atoms with van der Waals surface area (Å²) in [5.74, 6) is 0.597. The van der Waals surface area contributed by atoms with Crippen molar-refractivity contribution in [2.75, 3.05) is 26.2 Å². The molecule has 0 radical (unpaired) electrons. The Hall–Kier alpha value is -1.99. The highest BCUT2D eigenvalue weighted by Crippen LogP contribution is 2.36. The first kappa shape index (κ1) is 22.2. The fourth-order valence-corrected chi connectivity index (χ4v) is 5.38. The van der Waals surface area contributed by atoms with E-state index in [2.05, 4.69) is 15.2 Å². The topological polar surface area (TPSA) is 91.6 Å². The number of carbonyl (C=O) groups is 2. The van der Waals surface area contributed by atoms with Crippen LogP contribution in [-0.2, 0) is 4.79 Å². The molecule has 1 unspecified atom stereocenters. The lowest BCUT2D eigenvalue weighted by atomic mass is 9.87. The Morgan fingerprint density at radius 2 is 1.94 bits per heavy atom. The van der Waals surface area contributed by atoms with E-state index in [0.29, 0.717) is 43.7 Å². The number of rotatable bonds is 8. The Morgan fingerprint density at radius 1 is 1.13 bits per heavy atom. The maximum absolute atomic E-state index is 13.2. The SMILES string of the molecule is NCCNC(=O)[C@H]1CC(N(CC2CCCCC2)C2CC2)CCN1C(=O)c1cccnc1. The molecule has 31 heavy (non-hydrogen) atoms. The lowest BCUT2D eigenvalue weighted by Crippen LogP contribution is -2.58. The molecular formula is C24H37N5O2. The van der Waals surface area contributed by atoms with Gasteiger partial charge in [-0.25, -0.2) is 0 Å². The zero-order valence-corrected chi connectivity index (χ0v) is 18.5. The molecule has 3 aliphatic rings. The number of nitrogens with zero attached hydrogens (tertiary/aromatic N) is 3. The largest absolute Gasteiger partial charge is 0.353 e. The molecule has 2 atom stereocenters. The summed E-state index contributed by atoms with van der Waals surface area (Å²) in [5.41, 5.74) is 6.15. The third-order valence-electron chi connectivity index (χ3n) is 7.17. The van der Waals surface area contributed by atoms with Gasteiger partial charge in [0.2, 0.25) is 5.91 Å². The maximum Gasteiger partial charge on any atom is 0.256 e. The van der Waals surface area contributed by atoms with Gasteiger partial charge in [-0.2, -0.15) is 0 Å². The summed E-state index contributed by atoms with van der Waals surface area (Å²) < 4.78 is 0. The standard InChI is InChI=1S/C24H37N5O2/c25-11-13-27-23(30)22-15-21(10-14-28(22)24(31)19-7-4-12-26-16-19)29(20-8-9-20)17-18-5-2-1-3-6-18/h4,7,12,16,18,20-22H,1-3,5-6,8-11,13-15,17,25H2,(H,27,30)/t21?,22-/m1/s1. The van der Waals surface area contributed by atoms with E-state index in [0.717, 1.165) is 18.9 Å². The van der Waals surface area contributed by atoms with Crippen LogP contribution < -0.4 is 11.1 Å². The summed E-state index contributed by atoms with van der Waals surface area (Å²) in [5, 5.41) is 2.93. The molecule has 170 valence electrons. The predicted molar refractivity (Wildman–Crippen MR) is 120 cm³/mol. The van der Waals surface area contributed by atoms with E-state index in [1.165, 1.54) is 44.9 Å². The van der Waals surface area contributed by atoms with Gasteiger partial charge < -0.3 is 16.0 Å². The second-order valence-corrected chi connectivity index (χ2v) is 9.45. The molecule has 1 aliphatic heterocycles. The zero-order valence-electron chi connectivity index (χ0n) is 18.5. The lowest BCUT2D eigenvalue weighted by molar-refractivity contribution is -0.127. The number of hydrogen-bond donors (Lipinski definition) is 2. The molecule has 2 heterocycles. The first-order valence-corrected chi connectivity index (χ1v) is 12.1. The molecule has 2 saturated carbocycles. The highest BCUT2D eigenvalue weighted by Gasteiger charge is 2.42. The average molecular weight is 428 g/mol. The Labute approximate surface area is 185 Å². The van der Waals surface area contributed by atoms with Crippen LogP contribution in [0.15, 0.2) is 24.5 Å². The summed E-state index contributed by atoms with van der Waals surface area (Å²) >= 11 is 0. The molecular weight excluding hydrogens is 390 g/mol. The van der Waals surface area contributed by atoms with Crippen molar-refractivity contribution >= 4 is 11.8 Å². The Balaban J connectivity index is 1.48. The van der Waals surface area contributed by atoms with Crippen LogP contribution in [0.5, 0.6) is 0 Å². The van der Waals surface area contributed by atoms with Crippen LogP contribution in [0.4, 0.5) is 0 Å². The van der Waals surface area contributed by atoms with E-state index in [4.69, 9.17) is 5.73 Å². The fraction of sp³-hybridized carbons (Fsp3) is 0.708. The minimum absolute atomic E-state index is 0.0826. The van der Waals surface area contributed by atoms with Gasteiger partial charge in [0.25, 0.3) is 5.91 Å². The number of carbonyl (C=O) groups excluding carboxylic acids is 2. The summed E-state index contributed by atoms with van der Waals surface area (Å²) in [6.07, 6.45) is 14.2. The zero-order chi connectivity index (χ0) is 21.6. The molecule has 3 N–H and O–H groups in total. The maximum atomic E-state index is 13.2. The monoisotopic (exact) mass is 427 g/mol. The third kappa shape index (κ3) is 5.63. The first-order valence-electron chi connectivity index (χ1n) is 12.1. The van der Waals surface area contributed by atoms with Crippen LogP contribution in [0.25, 0.3) is 0 Å². The van der Waals surface area contributed by atoms with Crippen molar-refractivity contribution in [3.8, 4) is 0 Å². The fourth-order valence-electron chi connectivity index (χ4n) is 5.38. The number of aromatic nitrogens is 1. The molecule has 7 nitrogen and oxygen atoms in total. The molecule has 2 aliphatic carbocycles. The minimum Gasteiger partial charge on any atom is -0.353 e. The Kier molecular flexibility index (Phi) is 7.56. The van der Waals surface area contributed by atoms with E-state index in [1.807, 2.05) is 0 Å². The molecule has 1 aromatic heterocycles. The van der Waals surface area contributed by atoms with E-state index < -0.39 is 6.04 Å². The second kappa shape index (κ2) is 10.6. The summed E-state index contributed by atoms with van der Waals surface area (Å²) in [4.78, 5) is 34.8. The second-order valence-electron chi connectivity index (χ2n) is 9.45. The van der Waals surface area contributed by atoms with E-state index in [9.17, 15) is 9.59 Å². The molecule has 0 bridgehead atoms. The van der Waals surface area contributed by atoms with Crippen LogP contribution in [0, 0.1) is 5.92 Å². The van der Waals surface area contributed by atoms with Crippen LogP contribution in [0.2, 0.25) is 0 Å². The van der Waals surface area contributed by atoms with Gasteiger partial charge in [0, 0.05) is 50.7 Å². The van der Waals surface area contributed by atoms with Crippen molar-refractivity contribution in [3.05, 3.63) is 30.1 Å². The van der Waals surface area contributed by atoms with Gasteiger partial charge in [0.05, 0.1) is 5.56 Å². The highest BCUT2D eigenvalue weighted by molar-refractivity contribution is 5.97. The van der Waals surface area contributed by atoms with Gasteiger partial charge in [-0.05, 0) is 56.6 Å². The van der Waals surface area contributed by atoms with Gasteiger partial charge in [0.15, 0.2) is 0 Å². The number of amides is 2. The number of nitrogens with two attached hydrogens (primary N) is 1. The molecule has 4 rings (SSSR count). The van der Waals surface area contributed by atoms with Crippen molar-refractivity contribution in [2.24, 2.45) is 11.7 Å².